The maximum Gasteiger partial charge on any atom is 0.306 e. The first-order valence-corrected chi connectivity index (χ1v) is 34.3. The molecule has 0 bridgehead atoms. The summed E-state index contributed by atoms with van der Waals surface area (Å²) in [6.07, 6.45) is 100. The van der Waals surface area contributed by atoms with Crippen LogP contribution in [0.2, 0.25) is 0 Å². The van der Waals surface area contributed by atoms with Crippen LogP contribution < -0.4 is 0 Å². The standard InChI is InChI=1S/C77H126O6/c1-4-7-10-13-16-19-22-25-28-31-34-36-37-38-39-41-43-46-49-52-55-58-61-64-67-70-76(79)82-73-74(72-81-75(78)69-66-63-60-57-54-51-48-45-42-33-30-27-24-21-18-15-12-9-6-3)83-77(80)71-68-65-62-59-56-53-50-47-44-40-35-32-29-26-23-20-17-14-11-8-5-2/h8-9,11-12,17-18,20-22,25-27,29-31,34-35,40,42,45,47,50,56,59,74H,4-7,10,13-16,19,23-24,28,32-33,36-39,41,43-44,46,48-49,51-55,57-58,60-73H2,1-3H3/b11-8-,12-9-,20-17-,21-18-,25-22-,29-26-,30-27-,34-31-,40-35-,45-42-,50-47-,59-56-. The Bertz CT molecular complexity index is 1800. The molecule has 0 saturated heterocycles. The van der Waals surface area contributed by atoms with E-state index in [2.05, 4.69) is 167 Å². The Morgan fingerprint density at radius 2 is 0.470 bits per heavy atom. The Morgan fingerprint density at radius 3 is 0.759 bits per heavy atom. The first-order valence-electron chi connectivity index (χ1n) is 34.3. The number of ether oxygens (including phenoxy) is 3. The van der Waals surface area contributed by atoms with Crippen molar-refractivity contribution in [1.82, 2.24) is 0 Å². The van der Waals surface area contributed by atoms with Crippen LogP contribution in [0.15, 0.2) is 146 Å². The fraction of sp³-hybridized carbons (Fsp3) is 0.649. The van der Waals surface area contributed by atoms with Crippen molar-refractivity contribution in [3.05, 3.63) is 146 Å². The van der Waals surface area contributed by atoms with Gasteiger partial charge in [0.15, 0.2) is 6.10 Å². The van der Waals surface area contributed by atoms with E-state index >= 15 is 0 Å². The van der Waals surface area contributed by atoms with Gasteiger partial charge in [-0.3, -0.25) is 14.4 Å². The number of hydrogen-bond donors (Lipinski definition) is 0. The SMILES string of the molecule is CC/C=C\C/C=C\C/C=C\C/C=C\C/C=C\C/C=C\CCCCC(=O)OC(COC(=O)CCCCCCCC/C=C\C/C=C\C/C=C\C/C=C\CC)COC(=O)CCCCCCCCCCCCCCC/C=C\C/C=C\CCCCCCC. The summed E-state index contributed by atoms with van der Waals surface area (Å²) >= 11 is 0. The zero-order valence-electron chi connectivity index (χ0n) is 53.9. The van der Waals surface area contributed by atoms with Gasteiger partial charge < -0.3 is 14.2 Å². The highest BCUT2D eigenvalue weighted by atomic mass is 16.6. The summed E-state index contributed by atoms with van der Waals surface area (Å²) in [5.41, 5.74) is 0. The minimum Gasteiger partial charge on any atom is -0.462 e. The van der Waals surface area contributed by atoms with E-state index in [4.69, 9.17) is 14.2 Å². The number of allylic oxidation sites excluding steroid dienone is 24. The van der Waals surface area contributed by atoms with Gasteiger partial charge in [0, 0.05) is 19.3 Å². The Morgan fingerprint density at radius 1 is 0.253 bits per heavy atom. The average molecular weight is 1150 g/mol. The molecule has 0 saturated carbocycles. The van der Waals surface area contributed by atoms with E-state index in [1.54, 1.807) is 0 Å². The fourth-order valence-corrected chi connectivity index (χ4v) is 9.23. The molecule has 1 atom stereocenters. The second-order valence-corrected chi connectivity index (χ2v) is 22.3. The molecule has 1 unspecified atom stereocenters. The molecule has 6 nitrogen and oxygen atoms in total. The first-order chi connectivity index (χ1) is 41.0. The molecule has 83 heavy (non-hydrogen) atoms. The third kappa shape index (κ3) is 68.0. The van der Waals surface area contributed by atoms with Crippen LogP contribution in [0.4, 0.5) is 0 Å². The summed E-state index contributed by atoms with van der Waals surface area (Å²) in [5, 5.41) is 0. The molecule has 0 aliphatic heterocycles. The molecule has 0 radical (unpaired) electrons. The van der Waals surface area contributed by atoms with E-state index in [9.17, 15) is 14.4 Å². The van der Waals surface area contributed by atoms with Gasteiger partial charge in [-0.05, 0) is 141 Å². The highest BCUT2D eigenvalue weighted by Crippen LogP contribution is 2.16. The van der Waals surface area contributed by atoms with E-state index in [-0.39, 0.29) is 37.5 Å². The summed E-state index contributed by atoms with van der Waals surface area (Å²) in [6, 6.07) is 0. The second-order valence-electron chi connectivity index (χ2n) is 22.3. The van der Waals surface area contributed by atoms with E-state index in [0.29, 0.717) is 19.3 Å². The Labute approximate surface area is 512 Å². The van der Waals surface area contributed by atoms with Crippen LogP contribution in [0.5, 0.6) is 0 Å². The van der Waals surface area contributed by atoms with Gasteiger partial charge in [-0.1, -0.05) is 289 Å². The van der Waals surface area contributed by atoms with Gasteiger partial charge in [0.1, 0.15) is 13.2 Å². The lowest BCUT2D eigenvalue weighted by Crippen LogP contribution is -2.30. The molecule has 0 aromatic rings. The number of hydrogen-bond acceptors (Lipinski definition) is 6. The van der Waals surface area contributed by atoms with Crippen molar-refractivity contribution in [3.63, 3.8) is 0 Å². The molecule has 0 rings (SSSR count). The normalized spacial score (nSPS) is 13.0. The van der Waals surface area contributed by atoms with Crippen LogP contribution in [0.3, 0.4) is 0 Å². The van der Waals surface area contributed by atoms with Gasteiger partial charge in [-0.2, -0.15) is 0 Å². The summed E-state index contributed by atoms with van der Waals surface area (Å²) < 4.78 is 16.9. The van der Waals surface area contributed by atoms with E-state index < -0.39 is 6.10 Å². The molecule has 6 heteroatoms. The third-order valence-electron chi connectivity index (χ3n) is 14.3. The lowest BCUT2D eigenvalue weighted by atomic mass is 10.0. The largest absolute Gasteiger partial charge is 0.462 e. The fourth-order valence-electron chi connectivity index (χ4n) is 9.23. The van der Waals surface area contributed by atoms with Crippen LogP contribution in [-0.4, -0.2) is 37.2 Å². The topological polar surface area (TPSA) is 78.9 Å². The minimum atomic E-state index is -0.816. The average Bonchev–Trinajstić information content (AvgIpc) is 3.50. The summed E-state index contributed by atoms with van der Waals surface area (Å²) in [6.45, 7) is 6.37. The lowest BCUT2D eigenvalue weighted by molar-refractivity contribution is -0.167. The molecular weight excluding hydrogens is 1020 g/mol. The predicted octanol–water partition coefficient (Wildman–Crippen LogP) is 23.9. The van der Waals surface area contributed by atoms with Crippen molar-refractivity contribution in [1.29, 1.82) is 0 Å². The molecule has 0 aliphatic carbocycles. The second kappa shape index (κ2) is 69.8. The molecule has 0 aromatic heterocycles. The van der Waals surface area contributed by atoms with Gasteiger partial charge in [-0.25, -0.2) is 0 Å². The first kappa shape index (κ1) is 78.3. The van der Waals surface area contributed by atoms with Crippen LogP contribution >= 0.6 is 0 Å². The molecule has 0 amide bonds. The van der Waals surface area contributed by atoms with Crippen molar-refractivity contribution >= 4 is 17.9 Å². The van der Waals surface area contributed by atoms with Crippen molar-refractivity contribution in [3.8, 4) is 0 Å². The molecule has 0 N–H and O–H groups in total. The number of carbonyl (C=O) groups excluding carboxylic acids is 3. The molecular formula is C77H126O6. The monoisotopic (exact) mass is 1150 g/mol. The third-order valence-corrected chi connectivity index (χ3v) is 14.3. The molecule has 0 aliphatic rings. The van der Waals surface area contributed by atoms with E-state index in [0.717, 1.165) is 135 Å². The van der Waals surface area contributed by atoms with Gasteiger partial charge in [0.2, 0.25) is 0 Å². The Hall–Kier alpha value is -4.71. The molecule has 0 fully saturated rings. The van der Waals surface area contributed by atoms with Crippen molar-refractivity contribution in [2.75, 3.05) is 13.2 Å². The molecule has 0 spiro atoms. The number of rotatable bonds is 61. The van der Waals surface area contributed by atoms with Crippen molar-refractivity contribution < 1.29 is 28.6 Å². The number of unbranched alkanes of at least 4 members (excludes halogenated alkanes) is 26. The summed E-state index contributed by atoms with van der Waals surface area (Å²) in [7, 11) is 0. The van der Waals surface area contributed by atoms with E-state index in [1.165, 1.54) is 122 Å². The highest BCUT2D eigenvalue weighted by Gasteiger charge is 2.19. The van der Waals surface area contributed by atoms with Gasteiger partial charge in [0.25, 0.3) is 0 Å². The highest BCUT2D eigenvalue weighted by molar-refractivity contribution is 5.71. The summed E-state index contributed by atoms with van der Waals surface area (Å²) in [5.74, 6) is -0.960. The number of esters is 3. The van der Waals surface area contributed by atoms with Crippen molar-refractivity contribution in [2.45, 2.75) is 309 Å². The molecule has 0 heterocycles. The predicted molar refractivity (Wildman–Crippen MR) is 362 cm³/mol. The smallest absolute Gasteiger partial charge is 0.306 e. The minimum absolute atomic E-state index is 0.105. The van der Waals surface area contributed by atoms with Gasteiger partial charge in [0.05, 0.1) is 0 Å². The summed E-state index contributed by atoms with van der Waals surface area (Å²) in [4.78, 5) is 38.5. The maximum absolute atomic E-state index is 12.9. The van der Waals surface area contributed by atoms with Crippen molar-refractivity contribution in [2.24, 2.45) is 0 Å². The van der Waals surface area contributed by atoms with Crippen LogP contribution in [0.25, 0.3) is 0 Å². The molecule has 470 valence electrons. The van der Waals surface area contributed by atoms with Crippen LogP contribution in [0.1, 0.15) is 303 Å². The molecule has 0 aromatic carbocycles. The maximum atomic E-state index is 12.9. The van der Waals surface area contributed by atoms with Crippen LogP contribution in [0, 0.1) is 0 Å². The zero-order valence-corrected chi connectivity index (χ0v) is 53.9. The lowest BCUT2D eigenvalue weighted by Gasteiger charge is -2.18. The zero-order chi connectivity index (χ0) is 59.9. The Balaban J connectivity index is 4.47. The van der Waals surface area contributed by atoms with Gasteiger partial charge in [-0.15, -0.1) is 0 Å². The van der Waals surface area contributed by atoms with Crippen LogP contribution in [-0.2, 0) is 28.6 Å². The van der Waals surface area contributed by atoms with Gasteiger partial charge >= 0.3 is 17.9 Å². The Kier molecular flexibility index (Phi) is 65.8. The number of carbonyl (C=O) groups is 3. The quantitative estimate of drug-likeness (QED) is 0.0261. The van der Waals surface area contributed by atoms with E-state index in [1.807, 2.05) is 0 Å².